The van der Waals surface area contributed by atoms with E-state index >= 15 is 0 Å². The van der Waals surface area contributed by atoms with E-state index in [0.29, 0.717) is 28.8 Å². The Balaban J connectivity index is 2.24. The molecule has 2 N–H and O–H groups in total. The third-order valence-electron chi connectivity index (χ3n) is 2.35. The molecule has 1 aromatic carbocycles. The van der Waals surface area contributed by atoms with Crippen molar-refractivity contribution < 1.29 is 9.53 Å². The number of halogens is 2. The van der Waals surface area contributed by atoms with Gasteiger partial charge in [0, 0.05) is 12.2 Å². The van der Waals surface area contributed by atoms with Crippen molar-refractivity contribution in [3.8, 4) is 0 Å². The first kappa shape index (κ1) is 11.5. The van der Waals surface area contributed by atoms with Crippen molar-refractivity contribution in [3.05, 3.63) is 28.2 Å². The number of ether oxygens (including phenoxy) is 1. The number of carbonyl (C=O) groups is 1. The number of nitrogens with two attached hydrogens (primary N) is 1. The summed E-state index contributed by atoms with van der Waals surface area (Å²) in [6, 6.07) is 4.99. The second-order valence-electron chi connectivity index (χ2n) is 3.45. The summed E-state index contributed by atoms with van der Waals surface area (Å²) >= 11 is 11.7. The van der Waals surface area contributed by atoms with Crippen molar-refractivity contribution >= 4 is 35.0 Å². The highest BCUT2D eigenvalue weighted by Gasteiger charge is 2.31. The van der Waals surface area contributed by atoms with E-state index < -0.39 is 6.09 Å². The van der Waals surface area contributed by atoms with E-state index in [0.717, 1.165) is 0 Å². The molecule has 6 heteroatoms. The van der Waals surface area contributed by atoms with Gasteiger partial charge in [-0.2, -0.15) is 0 Å². The lowest BCUT2D eigenvalue weighted by molar-refractivity contribution is 0.145. The van der Waals surface area contributed by atoms with Gasteiger partial charge in [0.1, 0.15) is 6.10 Å². The number of anilines is 1. The Kier molecular flexibility index (Phi) is 3.23. The van der Waals surface area contributed by atoms with E-state index in [9.17, 15) is 4.79 Å². The first-order chi connectivity index (χ1) is 7.61. The van der Waals surface area contributed by atoms with E-state index in [1.807, 2.05) is 0 Å². The Hall–Kier alpha value is -0.970. The maximum atomic E-state index is 11.5. The molecule has 0 aromatic heterocycles. The van der Waals surface area contributed by atoms with Crippen molar-refractivity contribution in [1.82, 2.24) is 0 Å². The molecule has 1 amide bonds. The van der Waals surface area contributed by atoms with E-state index in [2.05, 4.69) is 0 Å². The first-order valence-electron chi connectivity index (χ1n) is 4.75. The molecule has 4 nitrogen and oxygen atoms in total. The summed E-state index contributed by atoms with van der Waals surface area (Å²) in [5.41, 5.74) is 6.10. The molecule has 1 aromatic rings. The fraction of sp³-hybridized carbons (Fsp3) is 0.300. The van der Waals surface area contributed by atoms with Gasteiger partial charge in [-0.15, -0.1) is 0 Å². The summed E-state index contributed by atoms with van der Waals surface area (Å²) in [5, 5.41) is 0.858. The zero-order valence-corrected chi connectivity index (χ0v) is 9.83. The van der Waals surface area contributed by atoms with E-state index in [1.54, 1.807) is 18.2 Å². The molecular weight excluding hydrogens is 251 g/mol. The summed E-state index contributed by atoms with van der Waals surface area (Å²) < 4.78 is 5.03. The molecule has 0 bridgehead atoms. The summed E-state index contributed by atoms with van der Waals surface area (Å²) in [4.78, 5) is 13.0. The molecule has 0 radical (unpaired) electrons. The number of amides is 1. The predicted octanol–water partition coefficient (Wildman–Crippen LogP) is 2.28. The Morgan fingerprint density at radius 1 is 1.44 bits per heavy atom. The normalized spacial score (nSPS) is 20.1. The fourth-order valence-electron chi connectivity index (χ4n) is 1.51. The molecule has 1 aliphatic heterocycles. The molecular formula is C10H10Cl2N2O2. The number of benzene rings is 1. The number of rotatable bonds is 2. The van der Waals surface area contributed by atoms with Crippen LogP contribution in [-0.2, 0) is 4.74 Å². The highest BCUT2D eigenvalue weighted by atomic mass is 35.5. The third-order valence-corrected chi connectivity index (χ3v) is 3.09. The van der Waals surface area contributed by atoms with Gasteiger partial charge in [-0.1, -0.05) is 23.2 Å². The molecule has 1 atom stereocenters. The number of nitrogens with zero attached hydrogens (tertiary/aromatic N) is 1. The van der Waals surface area contributed by atoms with Crippen LogP contribution in [-0.4, -0.2) is 25.3 Å². The number of hydrogen-bond donors (Lipinski definition) is 1. The average Bonchev–Trinajstić information content (AvgIpc) is 2.64. The zero-order valence-electron chi connectivity index (χ0n) is 8.32. The summed E-state index contributed by atoms with van der Waals surface area (Å²) in [6.45, 7) is 0.747. The van der Waals surface area contributed by atoms with Gasteiger partial charge in [0.25, 0.3) is 0 Å². The van der Waals surface area contributed by atoms with Gasteiger partial charge in [-0.05, 0) is 18.2 Å². The monoisotopic (exact) mass is 260 g/mol. The molecule has 0 aliphatic carbocycles. The second kappa shape index (κ2) is 4.49. The molecule has 0 unspecified atom stereocenters. The van der Waals surface area contributed by atoms with E-state index in [1.165, 1.54) is 4.90 Å². The molecule has 1 saturated heterocycles. The van der Waals surface area contributed by atoms with Gasteiger partial charge < -0.3 is 10.5 Å². The van der Waals surface area contributed by atoms with Crippen LogP contribution in [0.5, 0.6) is 0 Å². The van der Waals surface area contributed by atoms with Gasteiger partial charge >= 0.3 is 6.09 Å². The molecule has 16 heavy (non-hydrogen) atoms. The van der Waals surface area contributed by atoms with Crippen molar-refractivity contribution in [1.29, 1.82) is 0 Å². The topological polar surface area (TPSA) is 55.6 Å². The fourth-order valence-corrected chi connectivity index (χ4v) is 1.80. The molecule has 1 heterocycles. The SMILES string of the molecule is NC[C@H]1CN(c2ccc(Cl)c(Cl)c2)C(=O)O1. The van der Waals surface area contributed by atoms with Crippen molar-refractivity contribution in [2.75, 3.05) is 18.0 Å². The minimum atomic E-state index is -0.408. The minimum Gasteiger partial charge on any atom is -0.443 e. The first-order valence-corrected chi connectivity index (χ1v) is 5.50. The smallest absolute Gasteiger partial charge is 0.414 e. The summed E-state index contributed by atoms with van der Waals surface area (Å²) in [5.74, 6) is 0. The van der Waals surface area contributed by atoms with Crippen LogP contribution in [0.15, 0.2) is 18.2 Å². The van der Waals surface area contributed by atoms with Gasteiger partial charge in [0.15, 0.2) is 0 Å². The average molecular weight is 261 g/mol. The highest BCUT2D eigenvalue weighted by Crippen LogP contribution is 2.29. The van der Waals surface area contributed by atoms with Crippen molar-refractivity contribution in [2.24, 2.45) is 5.73 Å². The Morgan fingerprint density at radius 3 is 2.75 bits per heavy atom. The van der Waals surface area contributed by atoms with Crippen molar-refractivity contribution in [3.63, 3.8) is 0 Å². The maximum absolute atomic E-state index is 11.5. The number of carbonyl (C=O) groups excluding carboxylic acids is 1. The Labute approximate surface area is 103 Å². The Morgan fingerprint density at radius 2 is 2.19 bits per heavy atom. The molecule has 86 valence electrons. The Bertz CT molecular complexity index is 425. The van der Waals surface area contributed by atoms with Crippen LogP contribution in [0.2, 0.25) is 10.0 Å². The summed E-state index contributed by atoms with van der Waals surface area (Å²) in [7, 11) is 0. The minimum absolute atomic E-state index is 0.262. The second-order valence-corrected chi connectivity index (χ2v) is 4.26. The predicted molar refractivity (Wildman–Crippen MR) is 63.1 cm³/mol. The van der Waals surface area contributed by atoms with Gasteiger partial charge in [0.05, 0.1) is 16.6 Å². The van der Waals surface area contributed by atoms with Crippen LogP contribution in [0.1, 0.15) is 0 Å². The van der Waals surface area contributed by atoms with Gasteiger partial charge in [0.2, 0.25) is 0 Å². The number of hydrogen-bond acceptors (Lipinski definition) is 3. The van der Waals surface area contributed by atoms with Gasteiger partial charge in [-0.3, -0.25) is 4.90 Å². The molecule has 1 fully saturated rings. The standard InChI is InChI=1S/C10H10Cl2N2O2/c11-8-2-1-6(3-9(8)12)14-5-7(4-13)16-10(14)15/h1-3,7H,4-5,13H2/t7-/m0/s1. The van der Waals surface area contributed by atoms with E-state index in [-0.39, 0.29) is 6.10 Å². The van der Waals surface area contributed by atoms with Crippen molar-refractivity contribution in [2.45, 2.75) is 6.10 Å². The molecule has 0 spiro atoms. The van der Waals surface area contributed by atoms with Gasteiger partial charge in [-0.25, -0.2) is 4.79 Å². The van der Waals surface area contributed by atoms with Crippen LogP contribution in [0.25, 0.3) is 0 Å². The molecule has 1 aliphatic rings. The lowest BCUT2D eigenvalue weighted by Crippen LogP contribution is -2.27. The van der Waals surface area contributed by atoms with Crippen LogP contribution in [0, 0.1) is 0 Å². The summed E-state index contributed by atoms with van der Waals surface area (Å²) in [6.07, 6.45) is -0.671. The molecule has 2 rings (SSSR count). The maximum Gasteiger partial charge on any atom is 0.414 e. The third kappa shape index (κ3) is 2.09. The zero-order chi connectivity index (χ0) is 11.7. The number of cyclic esters (lactones) is 1. The van der Waals surface area contributed by atoms with Crippen LogP contribution < -0.4 is 10.6 Å². The molecule has 0 saturated carbocycles. The van der Waals surface area contributed by atoms with Crippen LogP contribution in [0.4, 0.5) is 10.5 Å². The highest BCUT2D eigenvalue weighted by molar-refractivity contribution is 6.42. The lowest BCUT2D eigenvalue weighted by atomic mass is 10.2. The largest absolute Gasteiger partial charge is 0.443 e. The van der Waals surface area contributed by atoms with Crippen LogP contribution >= 0.6 is 23.2 Å². The lowest BCUT2D eigenvalue weighted by Gasteiger charge is -2.13. The van der Waals surface area contributed by atoms with Crippen LogP contribution in [0.3, 0.4) is 0 Å². The van der Waals surface area contributed by atoms with E-state index in [4.69, 9.17) is 33.7 Å². The quantitative estimate of drug-likeness (QED) is 0.888.